The minimum absolute atomic E-state index is 0.167. The Hall–Kier alpha value is -1.45. The van der Waals surface area contributed by atoms with Gasteiger partial charge in [-0.25, -0.2) is 13.6 Å². The van der Waals surface area contributed by atoms with Crippen molar-refractivity contribution in [3.63, 3.8) is 0 Å². The van der Waals surface area contributed by atoms with Crippen LogP contribution in [0.2, 0.25) is 0 Å². The molecule has 0 unspecified atom stereocenters. The lowest BCUT2D eigenvalue weighted by atomic mass is 10.1. The monoisotopic (exact) mass is 172 g/mol. The molecule has 0 saturated carbocycles. The predicted octanol–water partition coefficient (Wildman–Crippen LogP) is 1.97. The summed E-state index contributed by atoms with van der Waals surface area (Å²) in [6, 6.07) is 1.58. The fourth-order valence-electron chi connectivity index (χ4n) is 0.769. The molecule has 0 saturated heterocycles. The number of hydrogen-bond acceptors (Lipinski definition) is 1. The van der Waals surface area contributed by atoms with Crippen molar-refractivity contribution in [2.45, 2.75) is 6.92 Å². The molecule has 0 aliphatic rings. The third kappa shape index (κ3) is 1.42. The molecule has 1 rings (SSSR count). The van der Waals surface area contributed by atoms with Gasteiger partial charge in [0.25, 0.3) is 0 Å². The van der Waals surface area contributed by atoms with Crippen molar-refractivity contribution in [1.29, 1.82) is 0 Å². The summed E-state index contributed by atoms with van der Waals surface area (Å²) in [4.78, 5) is 10.3. The van der Waals surface area contributed by atoms with E-state index in [1.54, 1.807) is 0 Å². The SMILES string of the molecule is Cc1c(F)cc(C(=O)O)cc1F. The number of carboxylic acid groups (broad SMARTS) is 1. The molecule has 12 heavy (non-hydrogen) atoms. The van der Waals surface area contributed by atoms with Gasteiger partial charge >= 0.3 is 5.97 Å². The zero-order valence-electron chi connectivity index (χ0n) is 6.27. The number of aromatic carboxylic acids is 1. The molecule has 0 aliphatic heterocycles. The van der Waals surface area contributed by atoms with E-state index in [0.717, 1.165) is 12.1 Å². The highest BCUT2D eigenvalue weighted by Crippen LogP contribution is 2.13. The van der Waals surface area contributed by atoms with Crippen molar-refractivity contribution in [2.75, 3.05) is 0 Å². The third-order valence-corrected chi connectivity index (χ3v) is 1.53. The molecule has 0 fully saturated rings. The van der Waals surface area contributed by atoms with Gasteiger partial charge < -0.3 is 5.11 Å². The Bertz CT molecular complexity index is 311. The molecule has 4 heteroatoms. The van der Waals surface area contributed by atoms with Crippen LogP contribution in [0.1, 0.15) is 15.9 Å². The number of carboxylic acids is 1. The van der Waals surface area contributed by atoms with Gasteiger partial charge in [-0.1, -0.05) is 0 Å². The highest BCUT2D eigenvalue weighted by atomic mass is 19.1. The second-order valence-corrected chi connectivity index (χ2v) is 2.37. The van der Waals surface area contributed by atoms with E-state index in [4.69, 9.17) is 5.11 Å². The molecule has 0 amide bonds. The second kappa shape index (κ2) is 2.89. The molecule has 1 aromatic carbocycles. The van der Waals surface area contributed by atoms with E-state index in [9.17, 15) is 13.6 Å². The standard InChI is InChI=1S/C8H6F2O2/c1-4-6(9)2-5(8(11)12)3-7(4)10/h2-3H,1H3,(H,11,12). The van der Waals surface area contributed by atoms with Gasteiger partial charge in [0.05, 0.1) is 5.56 Å². The molecule has 64 valence electrons. The molecule has 0 radical (unpaired) electrons. The van der Waals surface area contributed by atoms with Crippen LogP contribution in [-0.4, -0.2) is 11.1 Å². The summed E-state index contributed by atoms with van der Waals surface area (Å²) in [5.74, 6) is -3.02. The van der Waals surface area contributed by atoms with Crippen LogP contribution in [0.3, 0.4) is 0 Å². The van der Waals surface area contributed by atoms with Gasteiger partial charge in [-0.15, -0.1) is 0 Å². The molecular formula is C8H6F2O2. The van der Waals surface area contributed by atoms with Gasteiger partial charge in [0, 0.05) is 5.56 Å². The third-order valence-electron chi connectivity index (χ3n) is 1.53. The lowest BCUT2D eigenvalue weighted by molar-refractivity contribution is 0.0695. The normalized spacial score (nSPS) is 9.92. The van der Waals surface area contributed by atoms with Crippen molar-refractivity contribution in [3.8, 4) is 0 Å². The summed E-state index contributed by atoms with van der Waals surface area (Å²) in [6.45, 7) is 1.25. The molecule has 0 spiro atoms. The number of hydrogen-bond donors (Lipinski definition) is 1. The molecule has 1 N–H and O–H groups in total. The van der Waals surface area contributed by atoms with Crippen LogP contribution in [0, 0.1) is 18.6 Å². The first-order chi connectivity index (χ1) is 5.52. The van der Waals surface area contributed by atoms with E-state index >= 15 is 0 Å². The fraction of sp³-hybridized carbons (Fsp3) is 0.125. The predicted molar refractivity (Wildman–Crippen MR) is 38.1 cm³/mol. The minimum Gasteiger partial charge on any atom is -0.478 e. The number of benzene rings is 1. The van der Waals surface area contributed by atoms with Crippen molar-refractivity contribution in [1.82, 2.24) is 0 Å². The summed E-state index contributed by atoms with van der Waals surface area (Å²) >= 11 is 0. The maximum Gasteiger partial charge on any atom is 0.335 e. The summed E-state index contributed by atoms with van der Waals surface area (Å²) in [6.07, 6.45) is 0. The largest absolute Gasteiger partial charge is 0.478 e. The van der Waals surface area contributed by atoms with Crippen LogP contribution < -0.4 is 0 Å². The summed E-state index contributed by atoms with van der Waals surface area (Å²) < 4.78 is 25.4. The maximum absolute atomic E-state index is 12.7. The first-order valence-electron chi connectivity index (χ1n) is 3.21. The second-order valence-electron chi connectivity index (χ2n) is 2.37. The molecular weight excluding hydrogens is 166 g/mol. The van der Waals surface area contributed by atoms with Gasteiger partial charge in [0.2, 0.25) is 0 Å². The van der Waals surface area contributed by atoms with Gasteiger partial charge in [0.1, 0.15) is 11.6 Å². The molecule has 2 nitrogen and oxygen atoms in total. The van der Waals surface area contributed by atoms with Crippen LogP contribution in [0.15, 0.2) is 12.1 Å². The molecule has 0 aromatic heterocycles. The first-order valence-corrected chi connectivity index (χ1v) is 3.21. The van der Waals surface area contributed by atoms with Crippen LogP contribution in [0.4, 0.5) is 8.78 Å². The lowest BCUT2D eigenvalue weighted by Crippen LogP contribution is -2.00. The summed E-state index contributed by atoms with van der Waals surface area (Å²) in [5.41, 5.74) is -0.546. The van der Waals surface area contributed by atoms with Crippen molar-refractivity contribution >= 4 is 5.97 Å². The van der Waals surface area contributed by atoms with E-state index in [-0.39, 0.29) is 11.1 Å². The highest BCUT2D eigenvalue weighted by molar-refractivity contribution is 5.87. The van der Waals surface area contributed by atoms with Gasteiger partial charge in [-0.05, 0) is 19.1 Å². The Morgan fingerprint density at radius 2 is 1.75 bits per heavy atom. The molecule has 0 bridgehead atoms. The quantitative estimate of drug-likeness (QED) is 0.703. The van der Waals surface area contributed by atoms with Gasteiger partial charge in [-0.3, -0.25) is 0 Å². The lowest BCUT2D eigenvalue weighted by Gasteiger charge is -1.99. The molecule has 0 heterocycles. The zero-order chi connectivity index (χ0) is 9.30. The Balaban J connectivity index is 3.31. The maximum atomic E-state index is 12.7. The molecule has 1 aromatic rings. The Morgan fingerprint density at radius 1 is 1.33 bits per heavy atom. The van der Waals surface area contributed by atoms with Crippen molar-refractivity contribution < 1.29 is 18.7 Å². The van der Waals surface area contributed by atoms with E-state index < -0.39 is 17.6 Å². The summed E-state index contributed by atoms with van der Waals surface area (Å²) in [7, 11) is 0. The van der Waals surface area contributed by atoms with Gasteiger partial charge in [0.15, 0.2) is 0 Å². The van der Waals surface area contributed by atoms with Crippen molar-refractivity contribution in [2.24, 2.45) is 0 Å². The van der Waals surface area contributed by atoms with Crippen molar-refractivity contribution in [3.05, 3.63) is 34.9 Å². The summed E-state index contributed by atoms with van der Waals surface area (Å²) in [5, 5.41) is 8.39. The number of carbonyl (C=O) groups is 1. The zero-order valence-corrected chi connectivity index (χ0v) is 6.27. The average molecular weight is 172 g/mol. The van der Waals surface area contributed by atoms with Crippen LogP contribution in [-0.2, 0) is 0 Å². The fourth-order valence-corrected chi connectivity index (χ4v) is 0.769. The van der Waals surface area contributed by atoms with E-state index in [2.05, 4.69) is 0 Å². The molecule has 0 aliphatic carbocycles. The topological polar surface area (TPSA) is 37.3 Å². The van der Waals surface area contributed by atoms with Crippen LogP contribution in [0.5, 0.6) is 0 Å². The van der Waals surface area contributed by atoms with Gasteiger partial charge in [-0.2, -0.15) is 0 Å². The minimum atomic E-state index is -1.34. The van der Waals surface area contributed by atoms with Crippen LogP contribution in [0.25, 0.3) is 0 Å². The van der Waals surface area contributed by atoms with Crippen LogP contribution >= 0.6 is 0 Å². The first kappa shape index (κ1) is 8.64. The highest BCUT2D eigenvalue weighted by Gasteiger charge is 2.10. The Kier molecular flexibility index (Phi) is 2.08. The molecule has 0 atom stereocenters. The number of halogens is 2. The van der Waals surface area contributed by atoms with E-state index in [0.29, 0.717) is 0 Å². The van der Waals surface area contributed by atoms with E-state index in [1.807, 2.05) is 0 Å². The van der Waals surface area contributed by atoms with E-state index in [1.165, 1.54) is 6.92 Å². The Morgan fingerprint density at radius 3 is 2.08 bits per heavy atom. The smallest absolute Gasteiger partial charge is 0.335 e. The number of rotatable bonds is 1. The Labute approximate surface area is 67.4 Å². The average Bonchev–Trinajstić information content (AvgIpc) is 1.99.